The Morgan fingerprint density at radius 2 is 1.92 bits per heavy atom. The first-order valence-corrected chi connectivity index (χ1v) is 8.60. The molecule has 0 aromatic heterocycles. The molecule has 0 bridgehead atoms. The van der Waals surface area contributed by atoms with E-state index in [1.807, 2.05) is 13.8 Å². The van der Waals surface area contributed by atoms with Gasteiger partial charge in [-0.25, -0.2) is 0 Å². The van der Waals surface area contributed by atoms with E-state index in [4.69, 9.17) is 44.3 Å². The SMILES string of the molecule is COC1=CC(=O)N(C(=O)/C=C(/C[C@H](C)C(Cl)(Cl)Cl)OC)[C@H]1C(C)C. The lowest BCUT2D eigenvalue weighted by Gasteiger charge is -2.27. The van der Waals surface area contributed by atoms with Crippen LogP contribution >= 0.6 is 34.8 Å². The molecule has 136 valence electrons. The van der Waals surface area contributed by atoms with Crippen molar-refractivity contribution in [1.29, 1.82) is 0 Å². The number of nitrogens with zero attached hydrogens (tertiary/aromatic N) is 1. The summed E-state index contributed by atoms with van der Waals surface area (Å²) in [5.74, 6) is -0.479. The highest BCUT2D eigenvalue weighted by Crippen LogP contribution is 2.38. The van der Waals surface area contributed by atoms with Gasteiger partial charge in [-0.05, 0) is 5.92 Å². The van der Waals surface area contributed by atoms with E-state index in [1.165, 1.54) is 26.4 Å². The molecule has 5 nitrogen and oxygen atoms in total. The van der Waals surface area contributed by atoms with Crippen molar-refractivity contribution < 1.29 is 19.1 Å². The molecule has 0 saturated heterocycles. The second-order valence-electron chi connectivity index (χ2n) is 5.95. The Bertz CT molecular complexity index is 552. The van der Waals surface area contributed by atoms with Crippen molar-refractivity contribution >= 4 is 46.6 Å². The molecule has 2 amide bonds. The number of hydrogen-bond acceptors (Lipinski definition) is 4. The molecule has 0 spiro atoms. The van der Waals surface area contributed by atoms with Crippen LogP contribution in [0.4, 0.5) is 0 Å². The summed E-state index contributed by atoms with van der Waals surface area (Å²) in [7, 11) is 2.90. The first-order chi connectivity index (χ1) is 11.0. The van der Waals surface area contributed by atoms with Gasteiger partial charge in [0.25, 0.3) is 11.8 Å². The molecule has 0 radical (unpaired) electrons. The first-order valence-electron chi connectivity index (χ1n) is 7.46. The van der Waals surface area contributed by atoms with Crippen molar-refractivity contribution in [1.82, 2.24) is 4.90 Å². The van der Waals surface area contributed by atoms with Gasteiger partial charge in [0.15, 0.2) is 3.79 Å². The minimum atomic E-state index is -1.48. The second kappa shape index (κ2) is 8.45. The third-order valence-corrected chi connectivity index (χ3v) is 4.91. The van der Waals surface area contributed by atoms with Gasteiger partial charge >= 0.3 is 0 Å². The van der Waals surface area contributed by atoms with E-state index in [2.05, 4.69) is 0 Å². The van der Waals surface area contributed by atoms with Crippen LogP contribution in [0.5, 0.6) is 0 Å². The van der Waals surface area contributed by atoms with Crippen molar-refractivity contribution in [3.05, 3.63) is 23.7 Å². The number of ether oxygens (including phenoxy) is 2. The van der Waals surface area contributed by atoms with Gasteiger partial charge in [-0.3, -0.25) is 14.5 Å². The lowest BCUT2D eigenvalue weighted by Crippen LogP contribution is -2.42. The Kier molecular flexibility index (Phi) is 7.44. The van der Waals surface area contributed by atoms with Crippen LogP contribution in [0.2, 0.25) is 0 Å². The van der Waals surface area contributed by atoms with Gasteiger partial charge in [0.05, 0.1) is 20.3 Å². The molecule has 2 atom stereocenters. The maximum absolute atomic E-state index is 12.6. The second-order valence-corrected chi connectivity index (χ2v) is 8.32. The van der Waals surface area contributed by atoms with Crippen molar-refractivity contribution in [2.24, 2.45) is 11.8 Å². The number of amides is 2. The monoisotopic (exact) mass is 397 g/mol. The van der Waals surface area contributed by atoms with Crippen LogP contribution in [0, 0.1) is 11.8 Å². The summed E-state index contributed by atoms with van der Waals surface area (Å²) < 4.78 is 8.95. The van der Waals surface area contributed by atoms with Crippen LogP contribution in [0.25, 0.3) is 0 Å². The molecule has 0 saturated carbocycles. The number of hydrogen-bond donors (Lipinski definition) is 0. The van der Waals surface area contributed by atoms with Gasteiger partial charge in [0, 0.05) is 24.5 Å². The van der Waals surface area contributed by atoms with Gasteiger partial charge in [-0.1, -0.05) is 55.6 Å². The Morgan fingerprint density at radius 3 is 2.33 bits per heavy atom. The van der Waals surface area contributed by atoms with E-state index in [-0.39, 0.29) is 18.3 Å². The molecule has 0 fully saturated rings. The number of allylic oxidation sites excluding steroid dienone is 1. The van der Waals surface area contributed by atoms with E-state index in [0.29, 0.717) is 11.5 Å². The molecule has 0 N–H and O–H groups in total. The number of alkyl halides is 3. The molecule has 0 aromatic carbocycles. The fourth-order valence-corrected chi connectivity index (χ4v) is 2.65. The molecular formula is C16H22Cl3NO4. The summed E-state index contributed by atoms with van der Waals surface area (Å²) in [6.07, 6.45) is 2.83. The normalized spacial score (nSPS) is 20.3. The highest BCUT2D eigenvalue weighted by atomic mass is 35.6. The molecule has 0 aromatic rings. The van der Waals surface area contributed by atoms with Gasteiger partial charge < -0.3 is 9.47 Å². The van der Waals surface area contributed by atoms with Crippen LogP contribution in [0.3, 0.4) is 0 Å². The average Bonchev–Trinajstić information content (AvgIpc) is 2.82. The molecule has 24 heavy (non-hydrogen) atoms. The topological polar surface area (TPSA) is 55.8 Å². The maximum Gasteiger partial charge on any atom is 0.257 e. The van der Waals surface area contributed by atoms with Crippen molar-refractivity contribution in [2.45, 2.75) is 37.0 Å². The van der Waals surface area contributed by atoms with Gasteiger partial charge in [0.2, 0.25) is 0 Å². The number of imide groups is 1. The smallest absolute Gasteiger partial charge is 0.257 e. The summed E-state index contributed by atoms with van der Waals surface area (Å²) in [5.41, 5.74) is 0. The largest absolute Gasteiger partial charge is 0.501 e. The summed E-state index contributed by atoms with van der Waals surface area (Å²) in [6, 6.07) is -0.449. The predicted octanol–water partition coefficient (Wildman–Crippen LogP) is 3.84. The molecular weight excluding hydrogens is 377 g/mol. The zero-order valence-corrected chi connectivity index (χ0v) is 16.6. The number of rotatable bonds is 6. The van der Waals surface area contributed by atoms with Gasteiger partial charge in [0.1, 0.15) is 11.5 Å². The van der Waals surface area contributed by atoms with Crippen LogP contribution < -0.4 is 0 Å². The van der Waals surface area contributed by atoms with E-state index in [1.54, 1.807) is 6.92 Å². The lowest BCUT2D eigenvalue weighted by molar-refractivity contribution is -0.140. The number of halogens is 3. The molecule has 8 heteroatoms. The number of carbonyl (C=O) groups is 2. The Labute approximate surface area is 157 Å². The van der Waals surface area contributed by atoms with Gasteiger partial charge in [-0.2, -0.15) is 0 Å². The summed E-state index contributed by atoms with van der Waals surface area (Å²) in [6.45, 7) is 5.54. The fraction of sp³-hybridized carbons (Fsp3) is 0.625. The lowest BCUT2D eigenvalue weighted by atomic mass is 10.0. The highest BCUT2D eigenvalue weighted by Gasteiger charge is 2.39. The van der Waals surface area contributed by atoms with E-state index >= 15 is 0 Å². The third kappa shape index (κ3) is 5.04. The van der Waals surface area contributed by atoms with Crippen LogP contribution in [-0.4, -0.2) is 40.8 Å². The van der Waals surface area contributed by atoms with E-state index in [9.17, 15) is 9.59 Å². The Morgan fingerprint density at radius 1 is 1.33 bits per heavy atom. The standard InChI is InChI=1S/C16H22Cl3NO4/c1-9(2)15-12(24-5)8-14(22)20(15)13(21)7-11(23-4)6-10(3)16(17,18)19/h7-10,15H,6H2,1-5H3/b11-7-/t10-,15-/m0/s1. The van der Waals surface area contributed by atoms with Crippen LogP contribution in [0.1, 0.15) is 27.2 Å². The Balaban J connectivity index is 3.00. The fourth-order valence-electron chi connectivity index (χ4n) is 2.42. The van der Waals surface area contributed by atoms with E-state index < -0.39 is 21.6 Å². The molecule has 0 aliphatic carbocycles. The summed E-state index contributed by atoms with van der Waals surface area (Å²) in [5, 5.41) is 0. The van der Waals surface area contributed by atoms with Crippen LogP contribution in [0.15, 0.2) is 23.7 Å². The maximum atomic E-state index is 12.6. The highest BCUT2D eigenvalue weighted by molar-refractivity contribution is 6.67. The quantitative estimate of drug-likeness (QED) is 0.387. The first kappa shape index (κ1) is 21.1. The van der Waals surface area contributed by atoms with Crippen molar-refractivity contribution in [3.8, 4) is 0 Å². The molecule has 0 unspecified atom stereocenters. The average molecular weight is 399 g/mol. The molecule has 1 heterocycles. The van der Waals surface area contributed by atoms with Crippen LogP contribution in [-0.2, 0) is 19.1 Å². The minimum Gasteiger partial charge on any atom is -0.501 e. The summed E-state index contributed by atoms with van der Waals surface area (Å²) in [4.78, 5) is 25.9. The molecule has 1 rings (SSSR count). The van der Waals surface area contributed by atoms with Crippen molar-refractivity contribution in [2.75, 3.05) is 14.2 Å². The van der Waals surface area contributed by atoms with Gasteiger partial charge in [-0.15, -0.1) is 0 Å². The predicted molar refractivity (Wildman–Crippen MR) is 94.7 cm³/mol. The van der Waals surface area contributed by atoms with E-state index in [0.717, 1.165) is 4.90 Å². The zero-order valence-electron chi connectivity index (χ0n) is 14.3. The zero-order chi connectivity index (χ0) is 18.7. The third-order valence-electron chi connectivity index (χ3n) is 3.79. The molecule has 1 aliphatic rings. The number of methoxy groups -OCH3 is 2. The minimum absolute atomic E-state index is 0.00564. The van der Waals surface area contributed by atoms with Crippen molar-refractivity contribution in [3.63, 3.8) is 0 Å². The number of carbonyl (C=O) groups excluding carboxylic acids is 2. The Hall–Kier alpha value is -0.910. The molecule has 1 aliphatic heterocycles. The summed E-state index contributed by atoms with van der Waals surface area (Å²) >= 11 is 17.5.